The van der Waals surface area contributed by atoms with Gasteiger partial charge in [-0.15, -0.1) is 0 Å². The van der Waals surface area contributed by atoms with E-state index in [0.29, 0.717) is 39.1 Å². The van der Waals surface area contributed by atoms with Gasteiger partial charge in [0.2, 0.25) is 0 Å². The largest absolute Gasteiger partial charge is 0.453 e. The number of benzene rings is 3. The number of pyridine rings is 1. The molecular weight excluding hydrogens is 533 g/mol. The van der Waals surface area contributed by atoms with Crippen LogP contribution in [0.5, 0.6) is 17.2 Å². The number of hydrogen-bond donors (Lipinski definition) is 0. The Balaban J connectivity index is 1.51. The molecule has 2 aromatic heterocycles. The fourth-order valence-electron chi connectivity index (χ4n) is 3.52. The van der Waals surface area contributed by atoms with Crippen molar-refractivity contribution in [1.82, 2.24) is 9.38 Å². The van der Waals surface area contributed by atoms with Crippen LogP contribution < -0.4 is 8.92 Å². The van der Waals surface area contributed by atoms with Crippen LogP contribution in [0.4, 0.5) is 8.78 Å². The first-order valence-corrected chi connectivity index (χ1v) is 12.5. The first-order chi connectivity index (χ1) is 17.2. The molecule has 36 heavy (non-hydrogen) atoms. The molecule has 182 valence electrons. The highest BCUT2D eigenvalue weighted by molar-refractivity contribution is 7.87. The smallest absolute Gasteiger partial charge is 0.342 e. The Labute approximate surface area is 214 Å². The zero-order valence-electron chi connectivity index (χ0n) is 18.0. The molecule has 0 spiro atoms. The maximum Gasteiger partial charge on any atom is 0.342 e. The van der Waals surface area contributed by atoms with Gasteiger partial charge in [0, 0.05) is 40.1 Å². The third kappa shape index (κ3) is 4.73. The quantitative estimate of drug-likeness (QED) is 0.211. The summed E-state index contributed by atoms with van der Waals surface area (Å²) in [5, 5.41) is 0.742. The number of rotatable bonds is 6. The van der Waals surface area contributed by atoms with Crippen LogP contribution in [0.1, 0.15) is 0 Å². The fraction of sp³-hybridized carbons (Fsp3) is 0. The summed E-state index contributed by atoms with van der Waals surface area (Å²) in [6.45, 7) is 0. The molecule has 6 nitrogen and oxygen atoms in total. The van der Waals surface area contributed by atoms with Crippen molar-refractivity contribution in [2.45, 2.75) is 4.90 Å². The number of ether oxygens (including phenoxy) is 1. The van der Waals surface area contributed by atoms with Crippen LogP contribution in [0.2, 0.25) is 10.0 Å². The average molecular weight is 547 g/mol. The zero-order valence-corrected chi connectivity index (χ0v) is 20.4. The van der Waals surface area contributed by atoms with Crippen LogP contribution in [0.3, 0.4) is 0 Å². The van der Waals surface area contributed by atoms with Gasteiger partial charge in [-0.1, -0.05) is 29.3 Å². The van der Waals surface area contributed by atoms with Gasteiger partial charge in [0.05, 0.1) is 5.69 Å². The Morgan fingerprint density at radius 1 is 0.833 bits per heavy atom. The van der Waals surface area contributed by atoms with Gasteiger partial charge >= 0.3 is 10.1 Å². The van der Waals surface area contributed by atoms with Crippen LogP contribution in [0.25, 0.3) is 16.9 Å². The summed E-state index contributed by atoms with van der Waals surface area (Å²) < 4.78 is 67.4. The normalized spacial score (nSPS) is 11.6. The van der Waals surface area contributed by atoms with Gasteiger partial charge in [0.1, 0.15) is 27.9 Å². The lowest BCUT2D eigenvalue weighted by Crippen LogP contribution is -2.12. The molecule has 0 radical (unpaired) electrons. The van der Waals surface area contributed by atoms with E-state index in [9.17, 15) is 17.2 Å². The number of imidazole rings is 1. The van der Waals surface area contributed by atoms with Crippen molar-refractivity contribution < 1.29 is 26.1 Å². The number of nitrogens with zero attached hydrogens (tertiary/aromatic N) is 2. The number of aromatic nitrogens is 2. The summed E-state index contributed by atoms with van der Waals surface area (Å²) in [6, 6.07) is 16.5. The Morgan fingerprint density at radius 3 is 2.36 bits per heavy atom. The minimum atomic E-state index is -4.69. The Kier molecular flexibility index (Phi) is 6.29. The van der Waals surface area contributed by atoms with E-state index in [4.69, 9.17) is 32.1 Å². The van der Waals surface area contributed by atoms with E-state index in [1.165, 1.54) is 36.4 Å². The molecule has 0 saturated carbocycles. The molecule has 0 fully saturated rings. The molecule has 0 amide bonds. The van der Waals surface area contributed by atoms with Crippen molar-refractivity contribution in [3.8, 4) is 28.5 Å². The monoisotopic (exact) mass is 546 g/mol. The van der Waals surface area contributed by atoms with Crippen molar-refractivity contribution in [2.24, 2.45) is 0 Å². The molecule has 0 aliphatic heterocycles. The first-order valence-electron chi connectivity index (χ1n) is 10.3. The molecular formula is C25H14Cl2F2N2O4S. The minimum Gasteiger partial charge on any atom is -0.453 e. The molecule has 11 heteroatoms. The van der Waals surface area contributed by atoms with Gasteiger partial charge in [-0.2, -0.15) is 8.42 Å². The summed E-state index contributed by atoms with van der Waals surface area (Å²) in [5.74, 6) is -2.85. The number of fused-ring (bicyclic) bond motifs is 1. The molecule has 5 rings (SSSR count). The second-order valence-electron chi connectivity index (χ2n) is 7.51. The highest BCUT2D eigenvalue weighted by Crippen LogP contribution is 2.37. The molecule has 5 aromatic rings. The van der Waals surface area contributed by atoms with E-state index in [2.05, 4.69) is 4.98 Å². The van der Waals surface area contributed by atoms with Crippen LogP contribution in [0.15, 0.2) is 90.1 Å². The van der Waals surface area contributed by atoms with Gasteiger partial charge in [-0.05, 0) is 54.6 Å². The Bertz CT molecular complexity index is 1710. The lowest BCUT2D eigenvalue weighted by Gasteiger charge is -2.15. The van der Waals surface area contributed by atoms with E-state index in [-0.39, 0.29) is 11.5 Å². The van der Waals surface area contributed by atoms with Crippen molar-refractivity contribution in [3.63, 3.8) is 0 Å². The van der Waals surface area contributed by atoms with Gasteiger partial charge in [-0.3, -0.25) is 4.40 Å². The number of halogens is 4. The van der Waals surface area contributed by atoms with Gasteiger partial charge < -0.3 is 8.92 Å². The average Bonchev–Trinajstić information content (AvgIpc) is 3.33. The van der Waals surface area contributed by atoms with Crippen LogP contribution in [-0.4, -0.2) is 17.8 Å². The highest BCUT2D eigenvalue weighted by Gasteiger charge is 2.25. The Morgan fingerprint density at radius 2 is 1.58 bits per heavy atom. The maximum absolute atomic E-state index is 15.0. The predicted octanol–water partition coefficient (Wildman–Crippen LogP) is 7.15. The van der Waals surface area contributed by atoms with E-state index < -0.39 is 32.4 Å². The summed E-state index contributed by atoms with van der Waals surface area (Å²) >= 11 is 12.0. The third-order valence-corrected chi connectivity index (χ3v) is 6.89. The molecule has 0 saturated heterocycles. The van der Waals surface area contributed by atoms with Crippen LogP contribution in [0, 0.1) is 11.6 Å². The maximum atomic E-state index is 15.0. The van der Waals surface area contributed by atoms with Crippen LogP contribution in [-0.2, 0) is 10.1 Å². The summed E-state index contributed by atoms with van der Waals surface area (Å²) in [6.07, 6.45) is 3.35. The lowest BCUT2D eigenvalue weighted by atomic mass is 10.1. The molecule has 0 unspecified atom stereocenters. The first kappa shape index (κ1) is 24.1. The molecule has 3 aromatic carbocycles. The molecule has 0 aliphatic carbocycles. The molecule has 2 heterocycles. The van der Waals surface area contributed by atoms with E-state index in [1.54, 1.807) is 41.1 Å². The standard InChI is InChI=1S/C25H14Cl2F2N2O4S/c26-15-4-7-17(8-5-15)35-36(32,33)24-14-19(28)23(13-20(24)29)34-22-9-6-16(27)12-18(22)21-2-1-3-25-30-10-11-31(21)25/h1-14H. The van der Waals surface area contributed by atoms with Crippen LogP contribution >= 0.6 is 23.2 Å². The third-order valence-electron chi connectivity index (χ3n) is 5.14. The summed E-state index contributed by atoms with van der Waals surface area (Å²) in [4.78, 5) is 3.25. The zero-order chi connectivity index (χ0) is 25.4. The second kappa shape index (κ2) is 9.42. The predicted molar refractivity (Wildman–Crippen MR) is 131 cm³/mol. The molecule has 0 aliphatic rings. The number of hydrogen-bond acceptors (Lipinski definition) is 5. The van der Waals surface area contributed by atoms with E-state index in [0.717, 1.165) is 0 Å². The molecule has 0 atom stereocenters. The van der Waals surface area contributed by atoms with E-state index in [1.807, 2.05) is 0 Å². The van der Waals surface area contributed by atoms with Gasteiger partial charge in [0.15, 0.2) is 11.6 Å². The van der Waals surface area contributed by atoms with Gasteiger partial charge in [0.25, 0.3) is 0 Å². The van der Waals surface area contributed by atoms with Crippen molar-refractivity contribution in [2.75, 3.05) is 0 Å². The Hall–Kier alpha value is -3.66. The molecule has 0 N–H and O–H groups in total. The highest BCUT2D eigenvalue weighted by atomic mass is 35.5. The van der Waals surface area contributed by atoms with Gasteiger partial charge in [-0.25, -0.2) is 13.8 Å². The lowest BCUT2D eigenvalue weighted by molar-refractivity contribution is 0.429. The minimum absolute atomic E-state index is 0.112. The SMILES string of the molecule is O=S(=O)(Oc1ccc(Cl)cc1)c1cc(F)c(Oc2ccc(Cl)cc2-c2cccc3nccn23)cc1F. The van der Waals surface area contributed by atoms with Crippen molar-refractivity contribution in [3.05, 3.63) is 107 Å². The van der Waals surface area contributed by atoms with E-state index >= 15 is 0 Å². The fourth-order valence-corrected chi connectivity index (χ4v) is 4.82. The summed E-state index contributed by atoms with van der Waals surface area (Å²) in [7, 11) is -4.69. The second-order valence-corrected chi connectivity index (χ2v) is 9.90. The van der Waals surface area contributed by atoms with Crippen molar-refractivity contribution in [1.29, 1.82) is 0 Å². The van der Waals surface area contributed by atoms with Crippen molar-refractivity contribution >= 4 is 39.0 Å². The topological polar surface area (TPSA) is 69.9 Å². The summed E-state index contributed by atoms with van der Waals surface area (Å²) in [5.41, 5.74) is 1.78. The molecule has 0 bridgehead atoms.